The average molecular weight is 187 g/mol. The van der Waals surface area contributed by atoms with Gasteiger partial charge < -0.3 is 9.84 Å². The summed E-state index contributed by atoms with van der Waals surface area (Å²) in [4.78, 5) is 12.8. The van der Waals surface area contributed by atoms with Crippen LogP contribution < -0.4 is 0 Å². The van der Waals surface area contributed by atoms with E-state index in [1.165, 1.54) is 0 Å². The zero-order chi connectivity index (χ0) is 9.84. The predicted octanol–water partition coefficient (Wildman–Crippen LogP) is 0.570. The third kappa shape index (κ3) is 2.42. The molecule has 13 heavy (non-hydrogen) atoms. The van der Waals surface area contributed by atoms with Crippen LogP contribution in [0.15, 0.2) is 0 Å². The van der Waals surface area contributed by atoms with Gasteiger partial charge in [-0.3, -0.25) is 9.69 Å². The molecular formula is C9H17NO3. The minimum absolute atomic E-state index is 0.216. The van der Waals surface area contributed by atoms with Gasteiger partial charge in [-0.1, -0.05) is 6.92 Å². The number of carboxylic acid groups (broad SMARTS) is 1. The van der Waals surface area contributed by atoms with Crippen molar-refractivity contribution in [1.82, 2.24) is 4.90 Å². The van der Waals surface area contributed by atoms with Crippen molar-refractivity contribution in [3.8, 4) is 0 Å². The van der Waals surface area contributed by atoms with E-state index in [1.807, 2.05) is 11.8 Å². The second-order valence-electron chi connectivity index (χ2n) is 3.40. The standard InChI is InChI=1S/C9H17NO3/c1-3-8(9(11)12)10-5-4-7(6-10)13-2/h7-8H,3-6H2,1-2H3,(H,11,12)/t7-,8-/m0/s1. The molecule has 0 bridgehead atoms. The van der Waals surface area contributed by atoms with Gasteiger partial charge in [-0.25, -0.2) is 0 Å². The topological polar surface area (TPSA) is 49.8 Å². The van der Waals surface area contributed by atoms with Crippen LogP contribution in [0.2, 0.25) is 0 Å². The Morgan fingerprint density at radius 1 is 1.77 bits per heavy atom. The molecule has 0 radical (unpaired) electrons. The molecule has 0 aromatic heterocycles. The van der Waals surface area contributed by atoms with E-state index in [9.17, 15) is 4.79 Å². The number of methoxy groups -OCH3 is 1. The summed E-state index contributed by atoms with van der Waals surface area (Å²) in [5.41, 5.74) is 0. The van der Waals surface area contributed by atoms with Gasteiger partial charge in [0.25, 0.3) is 0 Å². The zero-order valence-corrected chi connectivity index (χ0v) is 8.19. The average Bonchev–Trinajstić information content (AvgIpc) is 2.53. The number of carboxylic acids is 1. The van der Waals surface area contributed by atoms with E-state index in [2.05, 4.69) is 0 Å². The number of nitrogens with zero attached hydrogens (tertiary/aromatic N) is 1. The Labute approximate surface area is 78.5 Å². The first-order valence-corrected chi connectivity index (χ1v) is 4.68. The summed E-state index contributed by atoms with van der Waals surface area (Å²) in [6.07, 6.45) is 1.82. The molecule has 0 aromatic rings. The van der Waals surface area contributed by atoms with Crippen LogP contribution in [-0.4, -0.2) is 48.3 Å². The number of hydrogen-bond acceptors (Lipinski definition) is 3. The van der Waals surface area contributed by atoms with E-state index < -0.39 is 5.97 Å². The molecule has 0 unspecified atom stereocenters. The fourth-order valence-electron chi connectivity index (χ4n) is 1.82. The fourth-order valence-corrected chi connectivity index (χ4v) is 1.82. The van der Waals surface area contributed by atoms with E-state index >= 15 is 0 Å². The van der Waals surface area contributed by atoms with Gasteiger partial charge in [0.15, 0.2) is 0 Å². The molecule has 0 spiro atoms. The molecule has 1 N–H and O–H groups in total. The quantitative estimate of drug-likeness (QED) is 0.699. The molecule has 0 amide bonds. The Morgan fingerprint density at radius 3 is 2.85 bits per heavy atom. The summed E-state index contributed by atoms with van der Waals surface area (Å²) in [5.74, 6) is -0.723. The van der Waals surface area contributed by atoms with Crippen molar-refractivity contribution >= 4 is 5.97 Å². The van der Waals surface area contributed by atoms with Crippen LogP contribution in [-0.2, 0) is 9.53 Å². The Bertz CT molecular complexity index is 184. The maximum Gasteiger partial charge on any atom is 0.320 e. The van der Waals surface area contributed by atoms with Crippen LogP contribution in [0.25, 0.3) is 0 Å². The Kier molecular flexibility index (Phi) is 3.69. The largest absolute Gasteiger partial charge is 0.480 e. The lowest BCUT2D eigenvalue weighted by molar-refractivity contribution is -0.143. The molecule has 2 atom stereocenters. The van der Waals surface area contributed by atoms with E-state index in [0.29, 0.717) is 6.42 Å². The van der Waals surface area contributed by atoms with Crippen molar-refractivity contribution in [2.75, 3.05) is 20.2 Å². The van der Waals surface area contributed by atoms with Crippen LogP contribution in [0, 0.1) is 0 Å². The van der Waals surface area contributed by atoms with Crippen molar-refractivity contribution < 1.29 is 14.6 Å². The van der Waals surface area contributed by atoms with Crippen molar-refractivity contribution in [1.29, 1.82) is 0 Å². The number of hydrogen-bond donors (Lipinski definition) is 1. The second-order valence-corrected chi connectivity index (χ2v) is 3.40. The molecule has 1 saturated heterocycles. The minimum Gasteiger partial charge on any atom is -0.480 e. The van der Waals surface area contributed by atoms with Gasteiger partial charge in [0.05, 0.1) is 6.10 Å². The molecule has 1 aliphatic heterocycles. The number of rotatable bonds is 4. The summed E-state index contributed by atoms with van der Waals surface area (Å²) in [6, 6.07) is -0.333. The maximum atomic E-state index is 10.8. The molecule has 76 valence electrons. The second kappa shape index (κ2) is 4.58. The lowest BCUT2D eigenvalue weighted by Gasteiger charge is -2.22. The van der Waals surface area contributed by atoms with Crippen molar-refractivity contribution in [2.24, 2.45) is 0 Å². The molecule has 0 aliphatic carbocycles. The summed E-state index contributed by atoms with van der Waals surface area (Å²) in [7, 11) is 1.68. The molecule has 0 saturated carbocycles. The molecular weight excluding hydrogens is 170 g/mol. The van der Waals surface area contributed by atoms with Gasteiger partial charge in [-0.05, 0) is 12.8 Å². The first-order chi connectivity index (χ1) is 6.19. The first-order valence-electron chi connectivity index (χ1n) is 4.68. The van der Waals surface area contributed by atoms with Crippen LogP contribution >= 0.6 is 0 Å². The molecule has 1 aliphatic rings. The molecule has 1 fully saturated rings. The Hall–Kier alpha value is -0.610. The normalized spacial score (nSPS) is 26.2. The van der Waals surface area contributed by atoms with Gasteiger partial charge >= 0.3 is 5.97 Å². The predicted molar refractivity (Wildman–Crippen MR) is 48.7 cm³/mol. The molecule has 4 heteroatoms. The third-order valence-corrected chi connectivity index (χ3v) is 2.62. The fraction of sp³-hybridized carbons (Fsp3) is 0.889. The third-order valence-electron chi connectivity index (χ3n) is 2.62. The first kappa shape index (κ1) is 10.5. The van der Waals surface area contributed by atoms with Gasteiger partial charge in [0.1, 0.15) is 6.04 Å². The molecule has 1 rings (SSSR count). The van der Waals surface area contributed by atoms with Crippen LogP contribution in [0.4, 0.5) is 0 Å². The highest BCUT2D eigenvalue weighted by Gasteiger charge is 2.30. The Balaban J connectivity index is 2.48. The number of likely N-dealkylation sites (tertiary alicyclic amines) is 1. The van der Waals surface area contributed by atoms with E-state index in [0.717, 1.165) is 19.5 Å². The minimum atomic E-state index is -0.723. The number of carbonyl (C=O) groups is 1. The highest BCUT2D eigenvalue weighted by atomic mass is 16.5. The monoisotopic (exact) mass is 187 g/mol. The van der Waals surface area contributed by atoms with Crippen molar-refractivity contribution in [3.63, 3.8) is 0 Å². The Morgan fingerprint density at radius 2 is 2.46 bits per heavy atom. The van der Waals surface area contributed by atoms with Crippen molar-refractivity contribution in [2.45, 2.75) is 31.9 Å². The van der Waals surface area contributed by atoms with E-state index in [4.69, 9.17) is 9.84 Å². The van der Waals surface area contributed by atoms with E-state index in [-0.39, 0.29) is 12.1 Å². The lowest BCUT2D eigenvalue weighted by Crippen LogP contribution is -2.39. The number of ether oxygens (including phenoxy) is 1. The van der Waals surface area contributed by atoms with Crippen molar-refractivity contribution in [3.05, 3.63) is 0 Å². The smallest absolute Gasteiger partial charge is 0.320 e. The lowest BCUT2D eigenvalue weighted by atomic mass is 10.2. The van der Waals surface area contributed by atoms with Crippen LogP contribution in [0.3, 0.4) is 0 Å². The highest BCUT2D eigenvalue weighted by Crippen LogP contribution is 2.16. The van der Waals surface area contributed by atoms with Crippen LogP contribution in [0.5, 0.6) is 0 Å². The molecule has 0 aromatic carbocycles. The molecule has 1 heterocycles. The van der Waals surface area contributed by atoms with Gasteiger partial charge in [0, 0.05) is 20.2 Å². The summed E-state index contributed by atoms with van der Waals surface area (Å²) in [5, 5.41) is 8.91. The SMILES string of the molecule is CC[C@@H](C(=O)O)N1CC[C@H](OC)C1. The van der Waals surface area contributed by atoms with Gasteiger partial charge in [-0.15, -0.1) is 0 Å². The molecule has 4 nitrogen and oxygen atoms in total. The highest BCUT2D eigenvalue weighted by molar-refractivity contribution is 5.73. The van der Waals surface area contributed by atoms with E-state index in [1.54, 1.807) is 7.11 Å². The van der Waals surface area contributed by atoms with Crippen LogP contribution in [0.1, 0.15) is 19.8 Å². The van der Waals surface area contributed by atoms with Gasteiger partial charge in [0.2, 0.25) is 0 Å². The van der Waals surface area contributed by atoms with Gasteiger partial charge in [-0.2, -0.15) is 0 Å². The maximum absolute atomic E-state index is 10.8. The summed E-state index contributed by atoms with van der Waals surface area (Å²) >= 11 is 0. The summed E-state index contributed by atoms with van der Waals surface area (Å²) < 4.78 is 5.18. The summed E-state index contributed by atoms with van der Waals surface area (Å²) in [6.45, 7) is 3.49. The zero-order valence-electron chi connectivity index (χ0n) is 8.19. The number of aliphatic carboxylic acids is 1.